The Bertz CT molecular complexity index is 682. The normalized spacial score (nSPS) is 15.9. The minimum absolute atomic E-state index is 0. The molecule has 0 bridgehead atoms. The second-order valence-corrected chi connectivity index (χ2v) is 5.90. The van der Waals surface area contributed by atoms with Crippen LogP contribution in [0.25, 0.3) is 0 Å². The summed E-state index contributed by atoms with van der Waals surface area (Å²) in [6.07, 6.45) is 1.16. The van der Waals surface area contributed by atoms with Crippen LogP contribution in [-0.2, 0) is 13.0 Å². The van der Waals surface area contributed by atoms with Gasteiger partial charge in [0, 0.05) is 26.1 Å². The number of halogens is 1. The van der Waals surface area contributed by atoms with E-state index < -0.39 is 0 Å². The Morgan fingerprint density at radius 1 is 1.13 bits per heavy atom. The third kappa shape index (κ3) is 4.47. The maximum Gasteiger partial charge on any atom is 0.191 e. The summed E-state index contributed by atoms with van der Waals surface area (Å²) in [6.45, 7) is 3.84. The van der Waals surface area contributed by atoms with Crippen molar-refractivity contribution in [1.82, 2.24) is 10.6 Å². The highest BCUT2D eigenvalue weighted by molar-refractivity contribution is 14.0. The van der Waals surface area contributed by atoms with Gasteiger partial charge in [0.15, 0.2) is 5.96 Å². The lowest BCUT2D eigenvalue weighted by atomic mass is 9.78. The van der Waals surface area contributed by atoms with Crippen molar-refractivity contribution < 1.29 is 0 Å². The van der Waals surface area contributed by atoms with E-state index in [0.717, 1.165) is 25.5 Å². The summed E-state index contributed by atoms with van der Waals surface area (Å²) in [6, 6.07) is 17.2. The van der Waals surface area contributed by atoms with Crippen molar-refractivity contribution in [3.8, 4) is 0 Å². The van der Waals surface area contributed by atoms with Crippen LogP contribution in [0, 0.1) is 6.92 Å². The van der Waals surface area contributed by atoms with Crippen LogP contribution < -0.4 is 10.6 Å². The second-order valence-electron chi connectivity index (χ2n) is 5.90. The Hall–Kier alpha value is -1.56. The van der Waals surface area contributed by atoms with Crippen molar-refractivity contribution in [2.45, 2.75) is 25.8 Å². The predicted octanol–water partition coefficient (Wildman–Crippen LogP) is 3.62. The first-order valence-electron chi connectivity index (χ1n) is 7.84. The average molecular weight is 421 g/mol. The van der Waals surface area contributed by atoms with Gasteiger partial charge in [-0.3, -0.25) is 4.99 Å². The molecule has 3 rings (SSSR count). The Labute approximate surface area is 155 Å². The number of nitrogens with zero attached hydrogens (tertiary/aromatic N) is 1. The number of aliphatic imine (C=N–C) groups is 1. The molecule has 0 aromatic heterocycles. The lowest BCUT2D eigenvalue weighted by Gasteiger charge is -2.30. The topological polar surface area (TPSA) is 36.4 Å². The van der Waals surface area contributed by atoms with Gasteiger partial charge in [0.25, 0.3) is 0 Å². The van der Waals surface area contributed by atoms with Crippen LogP contribution in [0.3, 0.4) is 0 Å². The standard InChI is InChI=1S/C19H23N3.HI/c1-14-6-5-7-15(10-14)12-21-19(20-2)22-13-17-11-16-8-3-4-9-18(16)17;/h3-10,17H,11-13H2,1-2H3,(H2,20,21,22);1H. The molecule has 3 nitrogen and oxygen atoms in total. The molecule has 2 aromatic rings. The summed E-state index contributed by atoms with van der Waals surface area (Å²) in [7, 11) is 1.82. The fraction of sp³-hybridized carbons (Fsp3) is 0.316. The highest BCUT2D eigenvalue weighted by Crippen LogP contribution is 2.33. The molecule has 0 saturated carbocycles. The van der Waals surface area contributed by atoms with Gasteiger partial charge in [-0.15, -0.1) is 24.0 Å². The van der Waals surface area contributed by atoms with E-state index in [1.807, 2.05) is 7.05 Å². The lowest BCUT2D eigenvalue weighted by molar-refractivity contribution is 0.584. The van der Waals surface area contributed by atoms with Gasteiger partial charge in [-0.2, -0.15) is 0 Å². The summed E-state index contributed by atoms with van der Waals surface area (Å²) in [5.74, 6) is 1.47. The lowest BCUT2D eigenvalue weighted by Crippen LogP contribution is -2.40. The highest BCUT2D eigenvalue weighted by Gasteiger charge is 2.25. The molecule has 1 unspecified atom stereocenters. The third-order valence-electron chi connectivity index (χ3n) is 4.24. The van der Waals surface area contributed by atoms with Crippen LogP contribution >= 0.6 is 24.0 Å². The number of aryl methyl sites for hydroxylation is 1. The molecule has 2 N–H and O–H groups in total. The number of hydrogen-bond acceptors (Lipinski definition) is 1. The largest absolute Gasteiger partial charge is 0.356 e. The van der Waals surface area contributed by atoms with Gasteiger partial charge < -0.3 is 10.6 Å². The van der Waals surface area contributed by atoms with Gasteiger partial charge in [0.1, 0.15) is 0 Å². The van der Waals surface area contributed by atoms with Gasteiger partial charge in [-0.05, 0) is 30.0 Å². The average Bonchev–Trinajstić information content (AvgIpc) is 2.51. The van der Waals surface area contributed by atoms with Crippen LogP contribution in [0.15, 0.2) is 53.5 Å². The van der Waals surface area contributed by atoms with Crippen molar-refractivity contribution in [1.29, 1.82) is 0 Å². The number of benzene rings is 2. The number of rotatable bonds is 4. The molecular weight excluding hydrogens is 397 g/mol. The Morgan fingerprint density at radius 2 is 1.96 bits per heavy atom. The van der Waals surface area contributed by atoms with Gasteiger partial charge in [0.2, 0.25) is 0 Å². The number of fused-ring (bicyclic) bond motifs is 1. The summed E-state index contributed by atoms with van der Waals surface area (Å²) in [5, 5.41) is 6.82. The fourth-order valence-electron chi connectivity index (χ4n) is 2.99. The van der Waals surface area contributed by atoms with E-state index in [4.69, 9.17) is 0 Å². The van der Waals surface area contributed by atoms with Crippen LogP contribution in [-0.4, -0.2) is 19.6 Å². The maximum atomic E-state index is 4.31. The molecule has 0 amide bonds. The smallest absolute Gasteiger partial charge is 0.191 e. The first-order valence-corrected chi connectivity index (χ1v) is 7.84. The maximum absolute atomic E-state index is 4.31. The van der Waals surface area contributed by atoms with Crippen LogP contribution in [0.1, 0.15) is 28.2 Å². The highest BCUT2D eigenvalue weighted by atomic mass is 127. The zero-order chi connectivity index (χ0) is 15.4. The van der Waals surface area contributed by atoms with E-state index in [2.05, 4.69) is 71.1 Å². The molecule has 0 spiro atoms. The molecule has 1 aliphatic carbocycles. The van der Waals surface area contributed by atoms with Crippen molar-refractivity contribution in [3.05, 3.63) is 70.8 Å². The van der Waals surface area contributed by atoms with Crippen LogP contribution in [0.4, 0.5) is 0 Å². The van der Waals surface area contributed by atoms with E-state index in [0.29, 0.717) is 5.92 Å². The predicted molar refractivity (Wildman–Crippen MR) is 108 cm³/mol. The molecule has 23 heavy (non-hydrogen) atoms. The molecular formula is C19H24IN3. The molecule has 122 valence electrons. The number of guanidine groups is 1. The molecule has 4 heteroatoms. The van der Waals surface area contributed by atoms with Crippen molar-refractivity contribution in [2.75, 3.05) is 13.6 Å². The first kappa shape index (κ1) is 17.8. The van der Waals surface area contributed by atoms with Gasteiger partial charge in [0.05, 0.1) is 0 Å². The van der Waals surface area contributed by atoms with E-state index in [1.54, 1.807) is 0 Å². The quantitative estimate of drug-likeness (QED) is 0.450. The molecule has 0 saturated heterocycles. The van der Waals surface area contributed by atoms with Crippen molar-refractivity contribution in [3.63, 3.8) is 0 Å². The second kappa shape index (κ2) is 8.34. The summed E-state index contributed by atoms with van der Waals surface area (Å²) in [5.41, 5.74) is 5.52. The minimum atomic E-state index is 0. The van der Waals surface area contributed by atoms with Gasteiger partial charge >= 0.3 is 0 Å². The van der Waals surface area contributed by atoms with Crippen LogP contribution in [0.2, 0.25) is 0 Å². The zero-order valence-electron chi connectivity index (χ0n) is 13.7. The van der Waals surface area contributed by atoms with Gasteiger partial charge in [-0.1, -0.05) is 54.1 Å². The van der Waals surface area contributed by atoms with Crippen molar-refractivity contribution >= 4 is 29.9 Å². The SMILES string of the molecule is CN=C(NCc1cccc(C)c1)NCC1Cc2ccccc21.I. The van der Waals surface area contributed by atoms with E-state index in [9.17, 15) is 0 Å². The Balaban J connectivity index is 0.00000192. The van der Waals surface area contributed by atoms with E-state index in [-0.39, 0.29) is 24.0 Å². The first-order chi connectivity index (χ1) is 10.8. The number of nitrogens with one attached hydrogen (secondary N) is 2. The van der Waals surface area contributed by atoms with E-state index >= 15 is 0 Å². The zero-order valence-corrected chi connectivity index (χ0v) is 16.0. The minimum Gasteiger partial charge on any atom is -0.356 e. The molecule has 1 aliphatic rings. The monoisotopic (exact) mass is 421 g/mol. The van der Waals surface area contributed by atoms with Crippen molar-refractivity contribution in [2.24, 2.45) is 4.99 Å². The summed E-state index contributed by atoms with van der Waals surface area (Å²) in [4.78, 5) is 4.31. The third-order valence-corrected chi connectivity index (χ3v) is 4.24. The Kier molecular flexibility index (Phi) is 6.45. The number of hydrogen-bond donors (Lipinski definition) is 2. The Morgan fingerprint density at radius 3 is 2.70 bits per heavy atom. The molecule has 0 heterocycles. The molecule has 1 atom stereocenters. The fourth-order valence-corrected chi connectivity index (χ4v) is 2.99. The van der Waals surface area contributed by atoms with E-state index in [1.165, 1.54) is 22.3 Å². The molecule has 0 aliphatic heterocycles. The summed E-state index contributed by atoms with van der Waals surface area (Å²) >= 11 is 0. The van der Waals surface area contributed by atoms with Crippen LogP contribution in [0.5, 0.6) is 0 Å². The van der Waals surface area contributed by atoms with Gasteiger partial charge in [-0.25, -0.2) is 0 Å². The molecule has 0 radical (unpaired) electrons. The molecule has 2 aromatic carbocycles. The summed E-state index contributed by atoms with van der Waals surface area (Å²) < 4.78 is 0. The molecule has 0 fully saturated rings.